The van der Waals surface area contributed by atoms with Crippen LogP contribution in [0.15, 0.2) is 22.6 Å². The predicted molar refractivity (Wildman–Crippen MR) is 70.4 cm³/mol. The highest BCUT2D eigenvalue weighted by atomic mass is 16.3. The average Bonchev–Trinajstić information content (AvgIpc) is 2.69. The van der Waals surface area contributed by atoms with Gasteiger partial charge in [-0.05, 0) is 24.1 Å². The van der Waals surface area contributed by atoms with Crippen molar-refractivity contribution in [3.05, 3.63) is 29.7 Å². The maximum absolute atomic E-state index is 11.7. The predicted octanol–water partition coefficient (Wildman–Crippen LogP) is 2.60. The zero-order valence-electron chi connectivity index (χ0n) is 10.8. The molecule has 0 saturated carbocycles. The van der Waals surface area contributed by atoms with Gasteiger partial charge in [-0.25, -0.2) is 4.98 Å². The molecule has 1 N–H and O–H groups in total. The third kappa shape index (κ3) is 3.09. The normalized spacial score (nSPS) is 10.8. The molecular weight excluding hydrogens is 228 g/mol. The molecule has 0 bridgehead atoms. The molecule has 18 heavy (non-hydrogen) atoms. The van der Waals surface area contributed by atoms with Gasteiger partial charge in [0, 0.05) is 13.5 Å². The summed E-state index contributed by atoms with van der Waals surface area (Å²) in [6.07, 6.45) is 2.50. The first-order chi connectivity index (χ1) is 8.69. The van der Waals surface area contributed by atoms with E-state index in [1.807, 2.05) is 25.1 Å². The molecule has 0 radical (unpaired) electrons. The number of carbonyl (C=O) groups excluding carboxylic acids is 1. The van der Waals surface area contributed by atoms with Crippen LogP contribution >= 0.6 is 0 Å². The lowest BCUT2D eigenvalue weighted by Gasteiger charge is -2.04. The molecular formula is C14H18N2O2. The molecule has 0 spiro atoms. The van der Waals surface area contributed by atoms with Gasteiger partial charge in [0.05, 0.1) is 6.42 Å². The van der Waals surface area contributed by atoms with Crippen LogP contribution in [0.2, 0.25) is 0 Å². The summed E-state index contributed by atoms with van der Waals surface area (Å²) in [6, 6.07) is 5.68. The lowest BCUT2D eigenvalue weighted by Crippen LogP contribution is -2.25. The zero-order valence-corrected chi connectivity index (χ0v) is 10.8. The van der Waals surface area contributed by atoms with Gasteiger partial charge in [-0.2, -0.15) is 0 Å². The molecule has 0 aliphatic carbocycles. The Bertz CT molecular complexity index is 546. The van der Waals surface area contributed by atoms with Crippen LogP contribution in [0, 0.1) is 6.92 Å². The Balaban J connectivity index is 2.00. The number of hydrogen-bond donors (Lipinski definition) is 1. The van der Waals surface area contributed by atoms with E-state index in [1.165, 1.54) is 0 Å². The van der Waals surface area contributed by atoms with Crippen molar-refractivity contribution in [3.8, 4) is 0 Å². The Morgan fingerprint density at radius 1 is 1.44 bits per heavy atom. The molecule has 4 heteroatoms. The fourth-order valence-corrected chi connectivity index (χ4v) is 1.85. The molecule has 4 nitrogen and oxygen atoms in total. The molecule has 2 rings (SSSR count). The van der Waals surface area contributed by atoms with Crippen LogP contribution in [0.4, 0.5) is 0 Å². The second-order valence-electron chi connectivity index (χ2n) is 4.42. The van der Waals surface area contributed by atoms with Crippen molar-refractivity contribution in [2.45, 2.75) is 33.1 Å². The SMILES string of the molecule is CCCCNC(=O)Cc1ccc2oc(C)nc2c1. The number of aromatic nitrogens is 1. The fourth-order valence-electron chi connectivity index (χ4n) is 1.85. The topological polar surface area (TPSA) is 55.1 Å². The van der Waals surface area contributed by atoms with Crippen molar-refractivity contribution in [2.24, 2.45) is 0 Å². The zero-order chi connectivity index (χ0) is 13.0. The number of amides is 1. The van der Waals surface area contributed by atoms with E-state index >= 15 is 0 Å². The minimum absolute atomic E-state index is 0.0583. The molecule has 2 aromatic rings. The number of benzene rings is 1. The van der Waals surface area contributed by atoms with Gasteiger partial charge < -0.3 is 9.73 Å². The lowest BCUT2D eigenvalue weighted by molar-refractivity contribution is -0.120. The Kier molecular flexibility index (Phi) is 3.97. The van der Waals surface area contributed by atoms with Crippen LogP contribution in [0.3, 0.4) is 0 Å². The summed E-state index contributed by atoms with van der Waals surface area (Å²) in [5, 5.41) is 2.90. The summed E-state index contributed by atoms with van der Waals surface area (Å²) < 4.78 is 5.40. The van der Waals surface area contributed by atoms with Gasteiger partial charge >= 0.3 is 0 Å². The van der Waals surface area contributed by atoms with Crippen LogP contribution in [0.25, 0.3) is 11.1 Å². The lowest BCUT2D eigenvalue weighted by atomic mass is 10.1. The first-order valence-corrected chi connectivity index (χ1v) is 6.32. The van der Waals surface area contributed by atoms with Crippen molar-refractivity contribution < 1.29 is 9.21 Å². The van der Waals surface area contributed by atoms with Crippen molar-refractivity contribution in [2.75, 3.05) is 6.54 Å². The van der Waals surface area contributed by atoms with E-state index in [9.17, 15) is 4.79 Å². The van der Waals surface area contributed by atoms with Crippen LogP contribution in [-0.4, -0.2) is 17.4 Å². The summed E-state index contributed by atoms with van der Waals surface area (Å²) in [5.74, 6) is 0.706. The Morgan fingerprint density at radius 2 is 2.28 bits per heavy atom. The van der Waals surface area contributed by atoms with Crippen LogP contribution in [0.5, 0.6) is 0 Å². The fraction of sp³-hybridized carbons (Fsp3) is 0.429. The average molecular weight is 246 g/mol. The standard InChI is InChI=1S/C14H18N2O2/c1-3-4-7-15-14(17)9-11-5-6-13-12(8-11)16-10(2)18-13/h5-6,8H,3-4,7,9H2,1-2H3,(H,15,17). The van der Waals surface area contributed by atoms with E-state index in [1.54, 1.807) is 0 Å². The van der Waals surface area contributed by atoms with Crippen LogP contribution < -0.4 is 5.32 Å². The Labute approximate surface area is 106 Å². The van der Waals surface area contributed by atoms with Crippen molar-refractivity contribution >= 4 is 17.0 Å². The minimum Gasteiger partial charge on any atom is -0.441 e. The largest absolute Gasteiger partial charge is 0.441 e. The molecule has 0 fully saturated rings. The van der Waals surface area contributed by atoms with Gasteiger partial charge in [0.2, 0.25) is 5.91 Å². The summed E-state index contributed by atoms with van der Waals surface area (Å²) in [5.41, 5.74) is 2.54. The Hall–Kier alpha value is -1.84. The number of rotatable bonds is 5. The van der Waals surface area contributed by atoms with Gasteiger partial charge in [0.15, 0.2) is 11.5 Å². The summed E-state index contributed by atoms with van der Waals surface area (Å²) in [7, 11) is 0. The second kappa shape index (κ2) is 5.67. The summed E-state index contributed by atoms with van der Waals surface area (Å²) >= 11 is 0. The van der Waals surface area contributed by atoms with Gasteiger partial charge in [-0.1, -0.05) is 19.4 Å². The maximum Gasteiger partial charge on any atom is 0.224 e. The van der Waals surface area contributed by atoms with Crippen LogP contribution in [-0.2, 0) is 11.2 Å². The van der Waals surface area contributed by atoms with Crippen molar-refractivity contribution in [1.29, 1.82) is 0 Å². The number of nitrogens with zero attached hydrogens (tertiary/aromatic N) is 1. The third-order valence-corrected chi connectivity index (χ3v) is 2.78. The molecule has 0 saturated heterocycles. The summed E-state index contributed by atoms with van der Waals surface area (Å²) in [4.78, 5) is 15.9. The number of aryl methyl sites for hydroxylation is 1. The molecule has 96 valence electrons. The van der Waals surface area contributed by atoms with Gasteiger partial charge in [-0.3, -0.25) is 4.79 Å². The van der Waals surface area contributed by atoms with Crippen molar-refractivity contribution in [3.63, 3.8) is 0 Å². The first kappa shape index (κ1) is 12.6. The van der Waals surface area contributed by atoms with Gasteiger partial charge in [0.1, 0.15) is 5.52 Å². The molecule has 1 heterocycles. The maximum atomic E-state index is 11.7. The first-order valence-electron chi connectivity index (χ1n) is 6.32. The van der Waals surface area contributed by atoms with E-state index in [-0.39, 0.29) is 5.91 Å². The van der Waals surface area contributed by atoms with Gasteiger partial charge in [-0.15, -0.1) is 0 Å². The Morgan fingerprint density at radius 3 is 3.06 bits per heavy atom. The van der Waals surface area contributed by atoms with E-state index in [2.05, 4.69) is 17.2 Å². The molecule has 1 amide bonds. The number of fused-ring (bicyclic) bond motifs is 1. The van der Waals surface area contributed by atoms with Crippen LogP contribution in [0.1, 0.15) is 31.2 Å². The number of oxazole rings is 1. The highest BCUT2D eigenvalue weighted by molar-refractivity contribution is 5.81. The second-order valence-corrected chi connectivity index (χ2v) is 4.42. The molecule has 1 aromatic heterocycles. The number of hydrogen-bond acceptors (Lipinski definition) is 3. The molecule has 1 aromatic carbocycles. The van der Waals surface area contributed by atoms with E-state index in [4.69, 9.17) is 4.42 Å². The van der Waals surface area contributed by atoms with Gasteiger partial charge in [0.25, 0.3) is 0 Å². The highest BCUT2D eigenvalue weighted by Gasteiger charge is 2.06. The smallest absolute Gasteiger partial charge is 0.224 e. The molecule has 0 aliphatic rings. The number of unbranched alkanes of at least 4 members (excludes halogenated alkanes) is 1. The number of nitrogens with one attached hydrogen (secondary N) is 1. The highest BCUT2D eigenvalue weighted by Crippen LogP contribution is 2.16. The van der Waals surface area contributed by atoms with E-state index in [0.29, 0.717) is 12.3 Å². The molecule has 0 aliphatic heterocycles. The van der Waals surface area contributed by atoms with E-state index in [0.717, 1.165) is 36.0 Å². The quantitative estimate of drug-likeness (QED) is 0.825. The third-order valence-electron chi connectivity index (χ3n) is 2.78. The molecule has 0 unspecified atom stereocenters. The number of carbonyl (C=O) groups is 1. The monoisotopic (exact) mass is 246 g/mol. The molecule has 0 atom stereocenters. The minimum atomic E-state index is 0.0583. The van der Waals surface area contributed by atoms with E-state index < -0.39 is 0 Å². The van der Waals surface area contributed by atoms with Crippen molar-refractivity contribution in [1.82, 2.24) is 10.3 Å². The summed E-state index contributed by atoms with van der Waals surface area (Å²) in [6.45, 7) is 4.67.